The second-order valence-electron chi connectivity index (χ2n) is 5.54. The number of carbonyl (C=O) groups is 1. The number of hydrogen-bond donors (Lipinski definition) is 1. The van der Waals surface area contributed by atoms with Gasteiger partial charge < -0.3 is 14.7 Å². The van der Waals surface area contributed by atoms with Gasteiger partial charge in [0.2, 0.25) is 0 Å². The molecule has 0 radical (unpaired) electrons. The van der Waals surface area contributed by atoms with Gasteiger partial charge in [0.1, 0.15) is 16.0 Å². The van der Waals surface area contributed by atoms with Gasteiger partial charge in [-0.25, -0.2) is 4.98 Å². The molecule has 0 aliphatic carbocycles. The second-order valence-corrected chi connectivity index (χ2v) is 6.60. The van der Waals surface area contributed by atoms with Gasteiger partial charge in [-0.2, -0.15) is 0 Å². The monoisotopic (exact) mass is 284 g/mol. The predicted octanol–water partition coefficient (Wildman–Crippen LogP) is 1.84. The first-order valence-electron chi connectivity index (χ1n) is 6.42. The summed E-state index contributed by atoms with van der Waals surface area (Å²) in [6.45, 7) is 4.42. The van der Waals surface area contributed by atoms with Gasteiger partial charge in [-0.05, 0) is 26.7 Å². The number of aliphatic hydroxyl groups is 1. The van der Waals surface area contributed by atoms with Gasteiger partial charge in [0.05, 0.1) is 11.8 Å². The van der Waals surface area contributed by atoms with Crippen molar-refractivity contribution >= 4 is 17.2 Å². The highest BCUT2D eigenvalue weighted by Crippen LogP contribution is 2.31. The fourth-order valence-electron chi connectivity index (χ4n) is 2.15. The quantitative estimate of drug-likeness (QED) is 0.916. The Labute approximate surface area is 117 Å². The summed E-state index contributed by atoms with van der Waals surface area (Å²) in [6.07, 6.45) is 3.67. The van der Waals surface area contributed by atoms with Crippen molar-refractivity contribution in [3.8, 4) is 0 Å². The lowest BCUT2D eigenvalue weighted by atomic mass is 10.1. The summed E-state index contributed by atoms with van der Waals surface area (Å²) in [4.78, 5) is 18.6. The van der Waals surface area contributed by atoms with Crippen LogP contribution in [-0.2, 0) is 4.74 Å². The second kappa shape index (κ2) is 5.56. The van der Waals surface area contributed by atoms with Crippen molar-refractivity contribution < 1.29 is 14.6 Å². The molecule has 1 aliphatic heterocycles. The minimum absolute atomic E-state index is 0.0474. The van der Waals surface area contributed by atoms with Crippen LogP contribution in [0.3, 0.4) is 0 Å². The largest absolute Gasteiger partial charge is 0.389 e. The normalized spacial score (nSPS) is 19.7. The molecule has 1 fully saturated rings. The van der Waals surface area contributed by atoms with Crippen LogP contribution in [0.5, 0.6) is 0 Å². The van der Waals surface area contributed by atoms with E-state index in [2.05, 4.69) is 4.98 Å². The standard InChI is InChI=1S/C13H20N2O3S/c1-13(2,17)8-15(3)12(16)10-7-14-11(19-10)9-5-4-6-18-9/h7,9,17H,4-6,8H2,1-3H3. The van der Waals surface area contributed by atoms with Crippen LogP contribution in [0.2, 0.25) is 0 Å². The Balaban J connectivity index is 2.03. The molecule has 19 heavy (non-hydrogen) atoms. The van der Waals surface area contributed by atoms with Crippen molar-refractivity contribution in [2.24, 2.45) is 0 Å². The zero-order valence-corrected chi connectivity index (χ0v) is 12.4. The van der Waals surface area contributed by atoms with Gasteiger partial charge in [-0.1, -0.05) is 0 Å². The fraction of sp³-hybridized carbons (Fsp3) is 0.692. The first-order valence-corrected chi connectivity index (χ1v) is 7.23. The average Bonchev–Trinajstić information content (AvgIpc) is 2.96. The Kier molecular flexibility index (Phi) is 4.23. The molecule has 2 rings (SSSR count). The maximum Gasteiger partial charge on any atom is 0.265 e. The maximum atomic E-state index is 12.2. The van der Waals surface area contributed by atoms with E-state index in [4.69, 9.17) is 4.74 Å². The Hall–Kier alpha value is -0.980. The Morgan fingerprint density at radius 3 is 3.00 bits per heavy atom. The number of rotatable bonds is 4. The van der Waals surface area contributed by atoms with Gasteiger partial charge in [0.15, 0.2) is 0 Å². The van der Waals surface area contributed by atoms with Crippen LogP contribution in [0, 0.1) is 0 Å². The third-order valence-electron chi connectivity index (χ3n) is 2.91. The Bertz CT molecular complexity index is 447. The van der Waals surface area contributed by atoms with Gasteiger partial charge in [-0.15, -0.1) is 11.3 Å². The third kappa shape index (κ3) is 3.75. The van der Waals surface area contributed by atoms with E-state index >= 15 is 0 Å². The summed E-state index contributed by atoms with van der Waals surface area (Å²) in [6, 6.07) is 0. The number of hydrogen-bond acceptors (Lipinski definition) is 5. The Morgan fingerprint density at radius 1 is 1.68 bits per heavy atom. The molecule has 2 heterocycles. The number of carbonyl (C=O) groups excluding carboxylic acids is 1. The van der Waals surface area contributed by atoms with Crippen LogP contribution < -0.4 is 0 Å². The number of thiazole rings is 1. The van der Waals surface area contributed by atoms with E-state index in [-0.39, 0.29) is 12.0 Å². The smallest absolute Gasteiger partial charge is 0.265 e. The molecular weight excluding hydrogens is 264 g/mol. The molecule has 1 N–H and O–H groups in total. The molecule has 6 heteroatoms. The summed E-state index contributed by atoms with van der Waals surface area (Å²) in [5.74, 6) is -0.108. The SMILES string of the molecule is CN(CC(C)(C)O)C(=O)c1cnc(C2CCCO2)s1. The van der Waals surface area contributed by atoms with E-state index in [0.29, 0.717) is 11.4 Å². The lowest BCUT2D eigenvalue weighted by molar-refractivity contribution is 0.0370. The highest BCUT2D eigenvalue weighted by atomic mass is 32.1. The number of nitrogens with zero attached hydrogens (tertiary/aromatic N) is 2. The minimum Gasteiger partial charge on any atom is -0.389 e. The first-order chi connectivity index (χ1) is 8.87. The molecule has 0 spiro atoms. The first kappa shape index (κ1) is 14.4. The summed E-state index contributed by atoms with van der Waals surface area (Å²) < 4.78 is 5.56. The number of amides is 1. The maximum absolute atomic E-state index is 12.2. The molecule has 1 amide bonds. The van der Waals surface area contributed by atoms with Crippen LogP contribution in [-0.4, -0.2) is 46.7 Å². The molecule has 106 valence electrons. The molecule has 1 aliphatic rings. The molecule has 1 aromatic rings. The van der Waals surface area contributed by atoms with Gasteiger partial charge in [0, 0.05) is 20.2 Å². The van der Waals surface area contributed by atoms with Crippen molar-refractivity contribution in [3.05, 3.63) is 16.1 Å². The summed E-state index contributed by atoms with van der Waals surface area (Å²) in [5.41, 5.74) is -0.896. The number of likely N-dealkylation sites (N-methyl/N-ethyl adjacent to an activating group) is 1. The molecule has 5 nitrogen and oxygen atoms in total. The zero-order chi connectivity index (χ0) is 14.0. The van der Waals surface area contributed by atoms with Crippen LogP contribution in [0.1, 0.15) is 47.5 Å². The van der Waals surface area contributed by atoms with E-state index in [1.54, 1.807) is 27.1 Å². The zero-order valence-electron chi connectivity index (χ0n) is 11.5. The number of ether oxygens (including phenoxy) is 1. The van der Waals surface area contributed by atoms with E-state index in [0.717, 1.165) is 24.5 Å². The van der Waals surface area contributed by atoms with Crippen molar-refractivity contribution in [1.29, 1.82) is 0 Å². The molecular formula is C13H20N2O3S. The Morgan fingerprint density at radius 2 is 2.42 bits per heavy atom. The fourth-order valence-corrected chi connectivity index (χ4v) is 3.14. The molecule has 1 saturated heterocycles. The van der Waals surface area contributed by atoms with E-state index in [1.165, 1.54) is 16.2 Å². The summed E-state index contributed by atoms with van der Waals surface area (Å²) >= 11 is 1.38. The van der Waals surface area contributed by atoms with E-state index in [1.807, 2.05) is 0 Å². The molecule has 0 bridgehead atoms. The van der Waals surface area contributed by atoms with E-state index < -0.39 is 5.60 Å². The molecule has 1 aromatic heterocycles. The van der Waals surface area contributed by atoms with Crippen molar-refractivity contribution in [3.63, 3.8) is 0 Å². The van der Waals surface area contributed by atoms with Crippen LogP contribution in [0.4, 0.5) is 0 Å². The van der Waals surface area contributed by atoms with Crippen LogP contribution >= 0.6 is 11.3 Å². The molecule has 1 atom stereocenters. The van der Waals surface area contributed by atoms with Gasteiger partial charge >= 0.3 is 0 Å². The van der Waals surface area contributed by atoms with Gasteiger partial charge in [0.25, 0.3) is 5.91 Å². The van der Waals surface area contributed by atoms with Crippen LogP contribution in [0.15, 0.2) is 6.20 Å². The highest BCUT2D eigenvalue weighted by Gasteiger charge is 2.25. The molecule has 1 unspecified atom stereocenters. The van der Waals surface area contributed by atoms with Crippen molar-refractivity contribution in [2.75, 3.05) is 20.2 Å². The topological polar surface area (TPSA) is 62.7 Å². The lowest BCUT2D eigenvalue weighted by Gasteiger charge is -2.24. The van der Waals surface area contributed by atoms with Crippen molar-refractivity contribution in [1.82, 2.24) is 9.88 Å². The number of aromatic nitrogens is 1. The molecule has 0 saturated carbocycles. The third-order valence-corrected chi connectivity index (χ3v) is 3.99. The lowest BCUT2D eigenvalue weighted by Crippen LogP contribution is -2.39. The summed E-state index contributed by atoms with van der Waals surface area (Å²) in [5, 5.41) is 10.6. The van der Waals surface area contributed by atoms with Crippen molar-refractivity contribution in [2.45, 2.75) is 38.4 Å². The predicted molar refractivity (Wildman–Crippen MR) is 73.3 cm³/mol. The van der Waals surface area contributed by atoms with Gasteiger partial charge in [-0.3, -0.25) is 4.79 Å². The minimum atomic E-state index is -0.896. The average molecular weight is 284 g/mol. The van der Waals surface area contributed by atoms with Crippen LogP contribution in [0.25, 0.3) is 0 Å². The van der Waals surface area contributed by atoms with E-state index in [9.17, 15) is 9.90 Å². The molecule has 0 aromatic carbocycles. The highest BCUT2D eigenvalue weighted by molar-refractivity contribution is 7.13. The summed E-state index contributed by atoms with van der Waals surface area (Å²) in [7, 11) is 1.69.